The zero-order valence-electron chi connectivity index (χ0n) is 10.7. The first kappa shape index (κ1) is 13.9. The number of halogens is 3. The third-order valence-corrected chi connectivity index (χ3v) is 5.01. The maximum absolute atomic E-state index is 14.1. The largest absolute Gasteiger partial charge is 0.207 e. The number of thioether (sulfide) groups is 1. The first-order chi connectivity index (χ1) is 9.65. The SMILES string of the molecule is Fc1ccc(F)c2c1SCCC2Cc1ccc(Cl)cc1. The van der Waals surface area contributed by atoms with Crippen LogP contribution in [0.4, 0.5) is 8.78 Å². The molecule has 2 aromatic rings. The molecule has 1 heterocycles. The lowest BCUT2D eigenvalue weighted by Gasteiger charge is -2.26. The standard InChI is InChI=1S/C16H13ClF2S/c17-12-3-1-10(2-4-12)9-11-7-8-20-16-14(19)6-5-13(18)15(11)16/h1-6,11H,7-9H2. The van der Waals surface area contributed by atoms with Gasteiger partial charge >= 0.3 is 0 Å². The van der Waals surface area contributed by atoms with Crippen LogP contribution in [0.5, 0.6) is 0 Å². The zero-order valence-corrected chi connectivity index (χ0v) is 12.3. The number of rotatable bonds is 2. The summed E-state index contributed by atoms with van der Waals surface area (Å²) >= 11 is 7.28. The summed E-state index contributed by atoms with van der Waals surface area (Å²) in [6.07, 6.45) is 1.58. The second-order valence-electron chi connectivity index (χ2n) is 4.94. The van der Waals surface area contributed by atoms with Crippen molar-refractivity contribution in [3.8, 4) is 0 Å². The smallest absolute Gasteiger partial charge is 0.137 e. The highest BCUT2D eigenvalue weighted by Crippen LogP contribution is 2.42. The monoisotopic (exact) mass is 310 g/mol. The molecule has 2 aromatic carbocycles. The summed E-state index contributed by atoms with van der Waals surface area (Å²) in [7, 11) is 0. The van der Waals surface area contributed by atoms with Crippen molar-refractivity contribution < 1.29 is 8.78 Å². The fourth-order valence-corrected chi connectivity index (χ4v) is 3.99. The molecule has 0 saturated heterocycles. The maximum atomic E-state index is 14.1. The van der Waals surface area contributed by atoms with Crippen molar-refractivity contribution in [1.82, 2.24) is 0 Å². The first-order valence-electron chi connectivity index (χ1n) is 6.50. The molecule has 0 amide bonds. The average Bonchev–Trinajstić information content (AvgIpc) is 2.46. The third kappa shape index (κ3) is 2.70. The minimum Gasteiger partial charge on any atom is -0.207 e. The molecule has 1 unspecified atom stereocenters. The Morgan fingerprint density at radius 1 is 1.05 bits per heavy atom. The molecule has 1 atom stereocenters. The molecular weight excluding hydrogens is 298 g/mol. The van der Waals surface area contributed by atoms with Crippen LogP contribution in [0.1, 0.15) is 23.5 Å². The van der Waals surface area contributed by atoms with Crippen LogP contribution in [-0.4, -0.2) is 5.75 Å². The van der Waals surface area contributed by atoms with E-state index in [1.54, 1.807) is 0 Å². The predicted octanol–water partition coefficient (Wildman–Crippen LogP) is 5.44. The van der Waals surface area contributed by atoms with E-state index in [0.717, 1.165) is 17.7 Å². The van der Waals surface area contributed by atoms with Gasteiger partial charge in [0.15, 0.2) is 0 Å². The molecule has 20 heavy (non-hydrogen) atoms. The van der Waals surface area contributed by atoms with Crippen LogP contribution >= 0.6 is 23.4 Å². The Morgan fingerprint density at radius 2 is 1.75 bits per heavy atom. The van der Waals surface area contributed by atoms with Gasteiger partial charge in [-0.3, -0.25) is 0 Å². The van der Waals surface area contributed by atoms with Gasteiger partial charge in [0.2, 0.25) is 0 Å². The highest BCUT2D eigenvalue weighted by Gasteiger charge is 2.26. The summed E-state index contributed by atoms with van der Waals surface area (Å²) in [5, 5.41) is 0.686. The van der Waals surface area contributed by atoms with Gasteiger partial charge in [-0.25, -0.2) is 8.78 Å². The molecule has 0 nitrogen and oxygen atoms in total. The molecule has 0 spiro atoms. The van der Waals surface area contributed by atoms with E-state index in [-0.39, 0.29) is 17.6 Å². The molecule has 3 rings (SSSR count). The third-order valence-electron chi connectivity index (χ3n) is 3.61. The van der Waals surface area contributed by atoms with Crippen LogP contribution in [0.15, 0.2) is 41.3 Å². The van der Waals surface area contributed by atoms with E-state index in [0.29, 0.717) is 21.9 Å². The van der Waals surface area contributed by atoms with Gasteiger partial charge < -0.3 is 0 Å². The van der Waals surface area contributed by atoms with Crippen LogP contribution in [0.2, 0.25) is 5.02 Å². The number of hydrogen-bond donors (Lipinski definition) is 0. The zero-order chi connectivity index (χ0) is 14.1. The highest BCUT2D eigenvalue weighted by molar-refractivity contribution is 7.99. The lowest BCUT2D eigenvalue weighted by molar-refractivity contribution is 0.520. The van der Waals surface area contributed by atoms with Crippen LogP contribution in [-0.2, 0) is 6.42 Å². The van der Waals surface area contributed by atoms with Crippen LogP contribution in [0.3, 0.4) is 0 Å². The molecule has 0 saturated carbocycles. The minimum absolute atomic E-state index is 0.0307. The van der Waals surface area contributed by atoms with Crippen molar-refractivity contribution in [2.45, 2.75) is 23.7 Å². The molecule has 0 aromatic heterocycles. The van der Waals surface area contributed by atoms with Crippen molar-refractivity contribution in [2.24, 2.45) is 0 Å². The highest BCUT2D eigenvalue weighted by atomic mass is 35.5. The van der Waals surface area contributed by atoms with E-state index >= 15 is 0 Å². The van der Waals surface area contributed by atoms with Crippen molar-refractivity contribution >= 4 is 23.4 Å². The van der Waals surface area contributed by atoms with Gasteiger partial charge in [0.1, 0.15) is 11.6 Å². The van der Waals surface area contributed by atoms with E-state index < -0.39 is 0 Å². The van der Waals surface area contributed by atoms with Gasteiger partial charge in [-0.1, -0.05) is 23.7 Å². The van der Waals surface area contributed by atoms with E-state index in [4.69, 9.17) is 11.6 Å². The summed E-state index contributed by atoms with van der Waals surface area (Å²) in [6.45, 7) is 0. The number of hydrogen-bond acceptors (Lipinski definition) is 1. The first-order valence-corrected chi connectivity index (χ1v) is 7.86. The average molecular weight is 311 g/mol. The fourth-order valence-electron chi connectivity index (χ4n) is 2.63. The van der Waals surface area contributed by atoms with Gasteiger partial charge in [0, 0.05) is 15.5 Å². The van der Waals surface area contributed by atoms with Gasteiger partial charge in [-0.05, 0) is 54.3 Å². The number of benzene rings is 2. The molecule has 1 aliphatic heterocycles. The summed E-state index contributed by atoms with van der Waals surface area (Å²) in [5.41, 5.74) is 1.64. The lowest BCUT2D eigenvalue weighted by Crippen LogP contribution is -2.13. The molecule has 0 bridgehead atoms. The lowest BCUT2D eigenvalue weighted by atomic mass is 9.89. The number of fused-ring (bicyclic) bond motifs is 1. The minimum atomic E-state index is -0.313. The Kier molecular flexibility index (Phi) is 3.99. The molecule has 1 aliphatic rings. The van der Waals surface area contributed by atoms with Crippen molar-refractivity contribution in [2.75, 3.05) is 5.75 Å². The van der Waals surface area contributed by atoms with E-state index in [1.807, 2.05) is 24.3 Å². The summed E-state index contributed by atoms with van der Waals surface area (Å²) in [6, 6.07) is 10.00. The van der Waals surface area contributed by atoms with Gasteiger partial charge in [0.05, 0.1) is 0 Å². The van der Waals surface area contributed by atoms with Gasteiger partial charge in [-0.2, -0.15) is 0 Å². The Morgan fingerprint density at radius 3 is 2.50 bits per heavy atom. The Bertz CT molecular complexity index is 625. The Hall–Kier alpha value is -1.06. The molecule has 0 N–H and O–H groups in total. The Labute approximate surface area is 126 Å². The van der Waals surface area contributed by atoms with Gasteiger partial charge in [-0.15, -0.1) is 11.8 Å². The second kappa shape index (κ2) is 5.74. The quantitative estimate of drug-likeness (QED) is 0.711. The van der Waals surface area contributed by atoms with E-state index in [2.05, 4.69) is 0 Å². The fraction of sp³-hybridized carbons (Fsp3) is 0.250. The molecule has 4 heteroatoms. The van der Waals surface area contributed by atoms with Crippen LogP contribution in [0.25, 0.3) is 0 Å². The second-order valence-corrected chi connectivity index (χ2v) is 6.48. The van der Waals surface area contributed by atoms with Crippen LogP contribution < -0.4 is 0 Å². The summed E-state index contributed by atoms with van der Waals surface area (Å²) in [4.78, 5) is 0.482. The van der Waals surface area contributed by atoms with E-state index in [1.165, 1.54) is 23.9 Å². The molecule has 0 aliphatic carbocycles. The summed E-state index contributed by atoms with van der Waals surface area (Å²) < 4.78 is 27.9. The van der Waals surface area contributed by atoms with Crippen LogP contribution in [0, 0.1) is 11.6 Å². The van der Waals surface area contributed by atoms with Gasteiger partial charge in [0.25, 0.3) is 0 Å². The molecule has 0 fully saturated rings. The van der Waals surface area contributed by atoms with E-state index in [9.17, 15) is 8.78 Å². The summed E-state index contributed by atoms with van der Waals surface area (Å²) in [5.74, 6) is 0.244. The van der Waals surface area contributed by atoms with Crippen molar-refractivity contribution in [1.29, 1.82) is 0 Å². The molecule has 0 radical (unpaired) electrons. The normalized spacial score (nSPS) is 17.9. The van der Waals surface area contributed by atoms with Crippen molar-refractivity contribution in [3.05, 3.63) is 64.2 Å². The predicted molar refractivity (Wildman–Crippen MR) is 79.6 cm³/mol. The molecule has 104 valence electrons. The topological polar surface area (TPSA) is 0 Å². The maximum Gasteiger partial charge on any atom is 0.137 e. The molecular formula is C16H13ClF2S. The Balaban J connectivity index is 1.94. The van der Waals surface area contributed by atoms with Crippen molar-refractivity contribution in [3.63, 3.8) is 0 Å².